The van der Waals surface area contributed by atoms with E-state index in [-0.39, 0.29) is 24.0 Å². The van der Waals surface area contributed by atoms with E-state index in [1.165, 1.54) is 11.1 Å². The number of nitrogens with zero attached hydrogens (tertiary/aromatic N) is 2. The zero-order valence-corrected chi connectivity index (χ0v) is 16.9. The molecule has 1 fully saturated rings. The van der Waals surface area contributed by atoms with Crippen LogP contribution < -0.4 is 5.32 Å². The molecule has 0 amide bonds. The third kappa shape index (κ3) is 6.30. The first-order valence-corrected chi connectivity index (χ1v) is 8.44. The number of aryl methyl sites for hydroxylation is 1. The number of hydrogen-bond donors (Lipinski definition) is 1. The number of aliphatic imine (C=N–C) groups is 1. The van der Waals surface area contributed by atoms with Gasteiger partial charge in [0.15, 0.2) is 5.96 Å². The highest BCUT2D eigenvalue weighted by Crippen LogP contribution is 2.14. The molecule has 0 radical (unpaired) electrons. The predicted molar refractivity (Wildman–Crippen MR) is 108 cm³/mol. The molecule has 0 atom stereocenters. The number of rotatable bonds is 5. The number of likely N-dealkylation sites (tertiary alicyclic amines) is 1. The molecule has 2 rings (SSSR count). The van der Waals surface area contributed by atoms with E-state index in [2.05, 4.69) is 55.3 Å². The maximum atomic E-state index is 5.73. The van der Waals surface area contributed by atoms with Crippen molar-refractivity contribution in [2.24, 2.45) is 4.99 Å². The van der Waals surface area contributed by atoms with Gasteiger partial charge in [-0.15, -0.1) is 24.0 Å². The van der Waals surface area contributed by atoms with E-state index >= 15 is 0 Å². The number of guanidine groups is 1. The molecular weight excluding hydrogens is 401 g/mol. The van der Waals surface area contributed by atoms with Gasteiger partial charge in [0.25, 0.3) is 0 Å². The highest BCUT2D eigenvalue weighted by atomic mass is 127. The summed E-state index contributed by atoms with van der Waals surface area (Å²) in [5, 5.41) is 3.42. The summed E-state index contributed by atoms with van der Waals surface area (Å²) in [5.41, 5.74) is 2.60. The van der Waals surface area contributed by atoms with Crippen molar-refractivity contribution in [3.63, 3.8) is 0 Å². The van der Waals surface area contributed by atoms with Crippen molar-refractivity contribution in [2.45, 2.75) is 46.3 Å². The van der Waals surface area contributed by atoms with Gasteiger partial charge in [0.2, 0.25) is 0 Å². The van der Waals surface area contributed by atoms with Crippen LogP contribution >= 0.6 is 24.0 Å². The summed E-state index contributed by atoms with van der Waals surface area (Å²) in [6, 6.07) is 8.46. The first-order chi connectivity index (χ1) is 10.7. The lowest BCUT2D eigenvalue weighted by molar-refractivity contribution is 0.0263. The minimum Gasteiger partial charge on any atom is -0.378 e. The lowest BCUT2D eigenvalue weighted by Crippen LogP contribution is -2.47. The predicted octanol–water partition coefficient (Wildman–Crippen LogP) is 3.58. The zero-order chi connectivity index (χ0) is 15.8. The van der Waals surface area contributed by atoms with Gasteiger partial charge in [0.1, 0.15) is 0 Å². The van der Waals surface area contributed by atoms with Crippen LogP contribution in [0.2, 0.25) is 0 Å². The van der Waals surface area contributed by atoms with Gasteiger partial charge in [-0.3, -0.25) is 0 Å². The van der Waals surface area contributed by atoms with Gasteiger partial charge in [-0.1, -0.05) is 24.3 Å². The van der Waals surface area contributed by atoms with Crippen molar-refractivity contribution in [2.75, 3.05) is 26.2 Å². The lowest BCUT2D eigenvalue weighted by Gasteiger charge is -2.34. The zero-order valence-electron chi connectivity index (χ0n) is 14.5. The third-order valence-corrected chi connectivity index (χ3v) is 4.14. The molecule has 1 N–H and O–H groups in total. The fraction of sp³-hybridized carbons (Fsp3) is 0.611. The van der Waals surface area contributed by atoms with Crippen molar-refractivity contribution in [3.05, 3.63) is 35.4 Å². The van der Waals surface area contributed by atoms with Crippen molar-refractivity contribution in [1.82, 2.24) is 10.2 Å². The minimum absolute atomic E-state index is 0. The topological polar surface area (TPSA) is 36.9 Å². The summed E-state index contributed by atoms with van der Waals surface area (Å²) in [6.45, 7) is 10.8. The molecule has 5 heteroatoms. The van der Waals surface area contributed by atoms with E-state index in [4.69, 9.17) is 9.73 Å². The van der Waals surface area contributed by atoms with E-state index in [0.29, 0.717) is 6.10 Å². The average Bonchev–Trinajstić information content (AvgIpc) is 2.54. The van der Waals surface area contributed by atoms with Gasteiger partial charge in [-0.25, -0.2) is 4.99 Å². The fourth-order valence-corrected chi connectivity index (χ4v) is 2.84. The quantitative estimate of drug-likeness (QED) is 0.440. The van der Waals surface area contributed by atoms with Crippen LogP contribution in [0, 0.1) is 6.92 Å². The molecule has 1 aromatic carbocycles. The standard InChI is InChI=1S/C18H29N3O.HI/c1-4-19-18(20-14-16-9-7-6-8-15(16)3)21-12-10-17(11-13-21)22-5-2;/h6-9,17H,4-5,10-14H2,1-3H3,(H,19,20);1H. The maximum Gasteiger partial charge on any atom is 0.194 e. The SMILES string of the molecule is CCNC(=NCc1ccccc1C)N1CCC(OCC)CC1.I. The van der Waals surface area contributed by atoms with Gasteiger partial charge >= 0.3 is 0 Å². The smallest absolute Gasteiger partial charge is 0.194 e. The molecule has 1 aliphatic heterocycles. The monoisotopic (exact) mass is 431 g/mol. The van der Waals surface area contributed by atoms with Crippen LogP contribution in [0.1, 0.15) is 37.8 Å². The summed E-state index contributed by atoms with van der Waals surface area (Å²) in [5.74, 6) is 1.03. The number of piperidine rings is 1. The molecule has 23 heavy (non-hydrogen) atoms. The maximum absolute atomic E-state index is 5.73. The summed E-state index contributed by atoms with van der Waals surface area (Å²) in [7, 11) is 0. The number of ether oxygens (including phenoxy) is 1. The Labute approximate surface area is 157 Å². The van der Waals surface area contributed by atoms with E-state index in [0.717, 1.165) is 51.6 Å². The van der Waals surface area contributed by atoms with Crippen LogP contribution in [0.15, 0.2) is 29.3 Å². The summed E-state index contributed by atoms with van der Waals surface area (Å²) < 4.78 is 5.73. The molecule has 1 aromatic rings. The van der Waals surface area contributed by atoms with Gasteiger partial charge in [-0.2, -0.15) is 0 Å². The number of benzene rings is 1. The Morgan fingerprint density at radius 2 is 1.96 bits per heavy atom. The Morgan fingerprint density at radius 1 is 1.26 bits per heavy atom. The molecule has 1 saturated heterocycles. The minimum atomic E-state index is 0. The first kappa shape index (κ1) is 20.2. The number of halogens is 1. The molecule has 4 nitrogen and oxygen atoms in total. The highest BCUT2D eigenvalue weighted by molar-refractivity contribution is 14.0. The molecule has 0 aromatic heterocycles. The van der Waals surface area contributed by atoms with Crippen LogP contribution in [0.25, 0.3) is 0 Å². The molecule has 0 saturated carbocycles. The van der Waals surface area contributed by atoms with Crippen LogP contribution in [0.5, 0.6) is 0 Å². The second-order valence-corrected chi connectivity index (χ2v) is 5.74. The Bertz CT molecular complexity index is 485. The van der Waals surface area contributed by atoms with Crippen LogP contribution in [0.3, 0.4) is 0 Å². The second kappa shape index (κ2) is 10.9. The third-order valence-electron chi connectivity index (χ3n) is 4.14. The Morgan fingerprint density at radius 3 is 2.57 bits per heavy atom. The second-order valence-electron chi connectivity index (χ2n) is 5.74. The molecule has 0 spiro atoms. The Kier molecular flexibility index (Phi) is 9.55. The van der Waals surface area contributed by atoms with Crippen molar-refractivity contribution < 1.29 is 4.74 Å². The van der Waals surface area contributed by atoms with Gasteiger partial charge < -0.3 is 15.0 Å². The molecule has 0 bridgehead atoms. The summed E-state index contributed by atoms with van der Waals surface area (Å²) in [6.07, 6.45) is 2.59. The Hall–Kier alpha value is -0.820. The molecule has 1 aliphatic rings. The molecule has 0 aliphatic carbocycles. The van der Waals surface area contributed by atoms with Crippen molar-refractivity contribution in [3.8, 4) is 0 Å². The lowest BCUT2D eigenvalue weighted by atomic mass is 10.1. The highest BCUT2D eigenvalue weighted by Gasteiger charge is 2.21. The first-order valence-electron chi connectivity index (χ1n) is 8.44. The van der Waals surface area contributed by atoms with Crippen LogP contribution in [-0.4, -0.2) is 43.2 Å². The van der Waals surface area contributed by atoms with Crippen LogP contribution in [0.4, 0.5) is 0 Å². The summed E-state index contributed by atoms with van der Waals surface area (Å²) in [4.78, 5) is 7.19. The van der Waals surface area contributed by atoms with Gasteiger partial charge in [-0.05, 0) is 44.7 Å². The molecule has 0 unspecified atom stereocenters. The van der Waals surface area contributed by atoms with E-state index in [1.54, 1.807) is 0 Å². The van der Waals surface area contributed by atoms with Gasteiger partial charge in [0.05, 0.1) is 12.6 Å². The van der Waals surface area contributed by atoms with Crippen molar-refractivity contribution >= 4 is 29.9 Å². The normalized spacial score (nSPS) is 16.1. The fourth-order valence-electron chi connectivity index (χ4n) is 2.84. The van der Waals surface area contributed by atoms with Crippen molar-refractivity contribution in [1.29, 1.82) is 0 Å². The number of hydrogen-bond acceptors (Lipinski definition) is 2. The van der Waals surface area contributed by atoms with Gasteiger partial charge in [0, 0.05) is 26.2 Å². The van der Waals surface area contributed by atoms with E-state index < -0.39 is 0 Å². The Balaban J connectivity index is 0.00000264. The largest absolute Gasteiger partial charge is 0.378 e. The molecular formula is C18H30IN3O. The average molecular weight is 431 g/mol. The van der Waals surface area contributed by atoms with Crippen LogP contribution in [-0.2, 0) is 11.3 Å². The number of nitrogens with one attached hydrogen (secondary N) is 1. The molecule has 130 valence electrons. The van der Waals surface area contributed by atoms with E-state index in [9.17, 15) is 0 Å². The van der Waals surface area contributed by atoms with E-state index in [1.807, 2.05) is 0 Å². The summed E-state index contributed by atoms with van der Waals surface area (Å²) >= 11 is 0. The molecule has 1 heterocycles.